The van der Waals surface area contributed by atoms with Crippen molar-refractivity contribution in [1.29, 1.82) is 0 Å². The Morgan fingerprint density at radius 2 is 2.05 bits per heavy atom. The molecule has 0 amide bonds. The van der Waals surface area contributed by atoms with Crippen LogP contribution in [-0.4, -0.2) is 22.5 Å². The van der Waals surface area contributed by atoms with Crippen LogP contribution < -0.4 is 0 Å². The highest BCUT2D eigenvalue weighted by Crippen LogP contribution is 2.34. The summed E-state index contributed by atoms with van der Waals surface area (Å²) in [5.41, 5.74) is 2.24. The molecule has 1 aromatic carbocycles. The number of nitro groups is 1. The van der Waals surface area contributed by atoms with Crippen LogP contribution in [0.3, 0.4) is 0 Å². The summed E-state index contributed by atoms with van der Waals surface area (Å²) in [7, 11) is 0. The number of carbonyl (C=O) groups excluding carboxylic acids is 1. The Kier molecular flexibility index (Phi) is 3.64. The fraction of sp³-hybridized carbons (Fsp3) is 0.133. The van der Waals surface area contributed by atoms with Gasteiger partial charge in [-0.25, -0.2) is 4.79 Å². The molecule has 0 aliphatic rings. The number of nitrogens with one attached hydrogen (secondary N) is 1. The van der Waals surface area contributed by atoms with Crippen LogP contribution >= 0.6 is 11.3 Å². The Hall–Kier alpha value is -2.67. The number of thiophene rings is 1. The standard InChI is InChI=1S/C15H12N2O4S/c1-2-21-15(18)12-8-14-11(16-12)7-13(22-14)9-3-5-10(6-4-9)17(19)20/h3-8,16H,2H2,1H3. The molecule has 1 N–H and O–H groups in total. The first-order chi connectivity index (χ1) is 10.6. The molecule has 0 aliphatic heterocycles. The lowest BCUT2D eigenvalue weighted by molar-refractivity contribution is -0.384. The fourth-order valence-electron chi connectivity index (χ4n) is 2.13. The number of aromatic nitrogens is 1. The number of fused-ring (bicyclic) bond motifs is 1. The number of hydrogen-bond donors (Lipinski definition) is 1. The van der Waals surface area contributed by atoms with Crippen molar-refractivity contribution in [2.45, 2.75) is 6.92 Å². The molecule has 7 heteroatoms. The molecule has 0 spiro atoms. The summed E-state index contributed by atoms with van der Waals surface area (Å²) in [5, 5.41) is 10.7. The van der Waals surface area contributed by atoms with E-state index in [1.807, 2.05) is 6.07 Å². The van der Waals surface area contributed by atoms with Gasteiger partial charge < -0.3 is 9.72 Å². The van der Waals surface area contributed by atoms with Gasteiger partial charge in [-0.1, -0.05) is 0 Å². The maximum atomic E-state index is 11.7. The Balaban J connectivity index is 1.90. The number of carbonyl (C=O) groups is 1. The number of nitro benzene ring substituents is 1. The summed E-state index contributed by atoms with van der Waals surface area (Å²) in [6.07, 6.45) is 0. The van der Waals surface area contributed by atoms with Crippen LogP contribution in [0.15, 0.2) is 36.4 Å². The topological polar surface area (TPSA) is 85.2 Å². The SMILES string of the molecule is CCOC(=O)c1cc2sc(-c3ccc([N+](=O)[O-])cc3)cc2[nH]1. The molecule has 0 saturated carbocycles. The van der Waals surface area contributed by atoms with Crippen LogP contribution in [0.5, 0.6) is 0 Å². The van der Waals surface area contributed by atoms with Crippen molar-refractivity contribution >= 4 is 33.2 Å². The minimum absolute atomic E-state index is 0.0652. The molecule has 0 fully saturated rings. The second-order valence-electron chi connectivity index (χ2n) is 4.60. The molecule has 0 saturated heterocycles. The lowest BCUT2D eigenvalue weighted by Crippen LogP contribution is -2.04. The normalized spacial score (nSPS) is 10.8. The molecule has 0 unspecified atom stereocenters. The summed E-state index contributed by atoms with van der Waals surface area (Å²) in [6.45, 7) is 2.09. The third-order valence-electron chi connectivity index (χ3n) is 3.16. The van der Waals surface area contributed by atoms with Gasteiger partial charge in [0.25, 0.3) is 5.69 Å². The van der Waals surface area contributed by atoms with Crippen LogP contribution in [0.4, 0.5) is 5.69 Å². The fourth-order valence-corrected chi connectivity index (χ4v) is 3.20. The van der Waals surface area contributed by atoms with Crippen molar-refractivity contribution in [3.05, 3.63) is 52.2 Å². The van der Waals surface area contributed by atoms with Gasteiger partial charge >= 0.3 is 5.97 Å². The molecule has 112 valence electrons. The number of H-pyrrole nitrogens is 1. The van der Waals surface area contributed by atoms with Gasteiger partial charge in [0.1, 0.15) is 5.69 Å². The second kappa shape index (κ2) is 5.61. The van der Waals surface area contributed by atoms with Crippen molar-refractivity contribution in [1.82, 2.24) is 4.98 Å². The maximum absolute atomic E-state index is 11.7. The van der Waals surface area contributed by atoms with E-state index in [4.69, 9.17) is 4.74 Å². The molecule has 0 aliphatic carbocycles. The van der Waals surface area contributed by atoms with E-state index in [0.29, 0.717) is 12.3 Å². The van der Waals surface area contributed by atoms with Crippen LogP contribution in [-0.2, 0) is 4.74 Å². The van der Waals surface area contributed by atoms with E-state index >= 15 is 0 Å². The van der Waals surface area contributed by atoms with Gasteiger partial charge in [0, 0.05) is 17.0 Å². The third-order valence-corrected chi connectivity index (χ3v) is 4.29. The summed E-state index contributed by atoms with van der Waals surface area (Å²) < 4.78 is 5.89. The second-order valence-corrected chi connectivity index (χ2v) is 5.68. The number of aromatic amines is 1. The molecule has 6 nitrogen and oxygen atoms in total. The number of hydrogen-bond acceptors (Lipinski definition) is 5. The summed E-state index contributed by atoms with van der Waals surface area (Å²) in [4.78, 5) is 25.9. The maximum Gasteiger partial charge on any atom is 0.354 e. The Bertz CT molecular complexity index is 817. The zero-order chi connectivity index (χ0) is 15.7. The number of rotatable bonds is 4. The summed E-state index contributed by atoms with van der Waals surface area (Å²) >= 11 is 1.51. The van der Waals surface area contributed by atoms with Crippen molar-refractivity contribution in [2.24, 2.45) is 0 Å². The molecule has 2 aromatic heterocycles. The van der Waals surface area contributed by atoms with Crippen molar-refractivity contribution in [2.75, 3.05) is 6.61 Å². The third kappa shape index (κ3) is 2.58. The van der Waals surface area contributed by atoms with Gasteiger partial charge in [-0.3, -0.25) is 10.1 Å². The smallest absolute Gasteiger partial charge is 0.354 e. The van der Waals surface area contributed by atoms with E-state index in [1.165, 1.54) is 23.5 Å². The molecular formula is C15H12N2O4S. The Labute approximate surface area is 129 Å². The van der Waals surface area contributed by atoms with Crippen LogP contribution in [0.2, 0.25) is 0 Å². The first-order valence-corrected chi connectivity index (χ1v) is 7.44. The average Bonchev–Trinajstić information content (AvgIpc) is 3.06. The van der Waals surface area contributed by atoms with Crippen molar-refractivity contribution < 1.29 is 14.5 Å². The average molecular weight is 316 g/mol. The number of esters is 1. The summed E-state index contributed by atoms with van der Waals surface area (Å²) in [5.74, 6) is -0.372. The zero-order valence-electron chi connectivity index (χ0n) is 11.7. The summed E-state index contributed by atoms with van der Waals surface area (Å²) in [6, 6.07) is 10.1. The molecule has 3 rings (SSSR count). The van der Waals surface area contributed by atoms with E-state index in [9.17, 15) is 14.9 Å². The van der Waals surface area contributed by atoms with Gasteiger partial charge in [0.15, 0.2) is 0 Å². The zero-order valence-corrected chi connectivity index (χ0v) is 12.5. The molecule has 0 radical (unpaired) electrons. The van der Waals surface area contributed by atoms with E-state index < -0.39 is 4.92 Å². The van der Waals surface area contributed by atoms with Gasteiger partial charge in [-0.15, -0.1) is 11.3 Å². The molecule has 0 atom stereocenters. The Morgan fingerprint density at radius 1 is 1.32 bits per heavy atom. The number of benzene rings is 1. The van der Waals surface area contributed by atoms with E-state index in [-0.39, 0.29) is 11.7 Å². The predicted molar refractivity (Wildman–Crippen MR) is 84.2 cm³/mol. The van der Waals surface area contributed by atoms with Crippen LogP contribution in [0, 0.1) is 10.1 Å². The lowest BCUT2D eigenvalue weighted by Gasteiger charge is -1.98. The highest BCUT2D eigenvalue weighted by Gasteiger charge is 2.14. The van der Waals surface area contributed by atoms with Crippen molar-refractivity contribution in [3.63, 3.8) is 0 Å². The number of non-ortho nitro benzene ring substituents is 1. The minimum Gasteiger partial charge on any atom is -0.461 e. The molecule has 2 heterocycles. The van der Waals surface area contributed by atoms with Gasteiger partial charge in [0.05, 0.1) is 21.7 Å². The molecule has 3 aromatic rings. The van der Waals surface area contributed by atoms with Gasteiger partial charge in [0.2, 0.25) is 0 Å². The van der Waals surface area contributed by atoms with E-state index in [2.05, 4.69) is 4.98 Å². The molecule has 22 heavy (non-hydrogen) atoms. The van der Waals surface area contributed by atoms with Gasteiger partial charge in [-0.05, 0) is 36.8 Å². The Morgan fingerprint density at radius 3 is 2.64 bits per heavy atom. The van der Waals surface area contributed by atoms with Gasteiger partial charge in [-0.2, -0.15) is 0 Å². The minimum atomic E-state index is -0.423. The monoisotopic (exact) mass is 316 g/mol. The molecular weight excluding hydrogens is 304 g/mol. The first kappa shape index (κ1) is 14.3. The van der Waals surface area contributed by atoms with Crippen LogP contribution in [0.25, 0.3) is 20.7 Å². The molecule has 0 bridgehead atoms. The highest BCUT2D eigenvalue weighted by molar-refractivity contribution is 7.22. The largest absolute Gasteiger partial charge is 0.461 e. The highest BCUT2D eigenvalue weighted by atomic mass is 32.1. The van der Waals surface area contributed by atoms with Crippen molar-refractivity contribution in [3.8, 4) is 10.4 Å². The number of nitrogens with zero attached hydrogens (tertiary/aromatic N) is 1. The quantitative estimate of drug-likeness (QED) is 0.448. The van der Waals surface area contributed by atoms with E-state index in [1.54, 1.807) is 25.1 Å². The predicted octanol–water partition coefficient (Wildman–Crippen LogP) is 3.98. The number of ether oxygens (including phenoxy) is 1. The van der Waals surface area contributed by atoms with Crippen LogP contribution in [0.1, 0.15) is 17.4 Å². The first-order valence-electron chi connectivity index (χ1n) is 6.63. The van der Waals surface area contributed by atoms with E-state index in [0.717, 1.165) is 20.7 Å². The lowest BCUT2D eigenvalue weighted by atomic mass is 10.2.